The molecule has 1 amide bonds. The van der Waals surface area contributed by atoms with Crippen LogP contribution in [0.3, 0.4) is 0 Å². The highest BCUT2D eigenvalue weighted by Crippen LogP contribution is 2.26. The number of likely N-dealkylation sites (tertiary alicyclic amines) is 1. The number of carbonyl (C=O) groups is 1. The summed E-state index contributed by atoms with van der Waals surface area (Å²) in [6.07, 6.45) is 2.08. The molecule has 1 aliphatic heterocycles. The Morgan fingerprint density at radius 1 is 1.42 bits per heavy atom. The molecule has 0 aliphatic carbocycles. The molecular weight excluding hydrogens is 326 g/mol. The summed E-state index contributed by atoms with van der Waals surface area (Å²) in [7, 11) is 0. The van der Waals surface area contributed by atoms with Crippen LogP contribution in [0.5, 0.6) is 0 Å². The summed E-state index contributed by atoms with van der Waals surface area (Å²) in [4.78, 5) is 14.8. The van der Waals surface area contributed by atoms with Crippen LogP contribution in [0.2, 0.25) is 5.02 Å². The Labute approximate surface area is 146 Å². The minimum atomic E-state index is -0.104. The smallest absolute Gasteiger partial charge is 0.276 e. The van der Waals surface area contributed by atoms with E-state index in [9.17, 15) is 4.79 Å². The maximum atomic E-state index is 13.0. The van der Waals surface area contributed by atoms with E-state index in [2.05, 4.69) is 17.2 Å². The van der Waals surface area contributed by atoms with E-state index in [1.807, 2.05) is 30.0 Å². The van der Waals surface area contributed by atoms with E-state index >= 15 is 0 Å². The summed E-state index contributed by atoms with van der Waals surface area (Å²) >= 11 is 6.23. The van der Waals surface area contributed by atoms with Gasteiger partial charge in [0.05, 0.1) is 16.4 Å². The molecule has 2 heterocycles. The van der Waals surface area contributed by atoms with Gasteiger partial charge < -0.3 is 10.6 Å². The van der Waals surface area contributed by atoms with Gasteiger partial charge in [-0.05, 0) is 37.8 Å². The lowest BCUT2D eigenvalue weighted by atomic mass is 9.90. The number of halogens is 1. The molecule has 0 unspecified atom stereocenters. The van der Waals surface area contributed by atoms with Gasteiger partial charge in [0.25, 0.3) is 5.91 Å². The van der Waals surface area contributed by atoms with E-state index in [-0.39, 0.29) is 11.9 Å². The van der Waals surface area contributed by atoms with E-state index < -0.39 is 0 Å². The zero-order valence-corrected chi connectivity index (χ0v) is 14.7. The van der Waals surface area contributed by atoms with Gasteiger partial charge in [0.1, 0.15) is 0 Å². The largest absolute Gasteiger partial charge is 0.333 e. The third-order valence-corrected chi connectivity index (χ3v) is 5.12. The predicted octanol–water partition coefficient (Wildman–Crippen LogP) is 2.43. The molecule has 0 radical (unpaired) electrons. The molecule has 1 aromatic heterocycles. The lowest BCUT2D eigenvalue weighted by molar-refractivity contribution is 0.0525. The summed E-state index contributed by atoms with van der Waals surface area (Å²) in [6, 6.07) is 7.42. The van der Waals surface area contributed by atoms with Crippen molar-refractivity contribution >= 4 is 17.5 Å². The number of amides is 1. The SMILES string of the molecule is Cc1c(C(=O)N2CCC[C@@H](C)[C@@H]2CN)nnn1-c1ccccc1Cl. The lowest BCUT2D eigenvalue weighted by Gasteiger charge is -2.39. The molecule has 0 bridgehead atoms. The van der Waals surface area contributed by atoms with Gasteiger partial charge in [0.15, 0.2) is 5.69 Å². The van der Waals surface area contributed by atoms with Crippen LogP contribution >= 0.6 is 11.6 Å². The van der Waals surface area contributed by atoms with Crippen LogP contribution in [0.1, 0.15) is 35.9 Å². The normalized spacial score (nSPS) is 21.1. The molecule has 6 nitrogen and oxygen atoms in total. The van der Waals surface area contributed by atoms with Crippen molar-refractivity contribution in [2.45, 2.75) is 32.7 Å². The van der Waals surface area contributed by atoms with Crippen molar-refractivity contribution < 1.29 is 4.79 Å². The fraction of sp³-hybridized carbons (Fsp3) is 0.471. The predicted molar refractivity (Wildman–Crippen MR) is 93.4 cm³/mol. The van der Waals surface area contributed by atoms with Gasteiger partial charge >= 0.3 is 0 Å². The van der Waals surface area contributed by atoms with Crippen LogP contribution < -0.4 is 5.73 Å². The first-order valence-electron chi connectivity index (χ1n) is 8.22. The second-order valence-electron chi connectivity index (χ2n) is 6.31. The number of aromatic nitrogens is 3. The first kappa shape index (κ1) is 16.9. The van der Waals surface area contributed by atoms with Gasteiger partial charge in [-0.1, -0.05) is 35.9 Å². The molecule has 0 saturated carbocycles. The molecule has 0 spiro atoms. The molecule has 1 aromatic carbocycles. The molecule has 3 rings (SSSR count). The van der Waals surface area contributed by atoms with Gasteiger partial charge in [-0.2, -0.15) is 0 Å². The fourth-order valence-corrected chi connectivity index (χ4v) is 3.59. The molecule has 24 heavy (non-hydrogen) atoms. The zero-order chi connectivity index (χ0) is 17.3. The molecule has 2 aromatic rings. The Morgan fingerprint density at radius 2 is 2.17 bits per heavy atom. The molecule has 128 valence electrons. The Hall–Kier alpha value is -1.92. The quantitative estimate of drug-likeness (QED) is 0.925. The summed E-state index contributed by atoms with van der Waals surface area (Å²) < 4.78 is 1.61. The second-order valence-corrected chi connectivity index (χ2v) is 6.71. The van der Waals surface area contributed by atoms with Crippen molar-refractivity contribution in [3.63, 3.8) is 0 Å². The third kappa shape index (κ3) is 2.91. The third-order valence-electron chi connectivity index (χ3n) is 4.80. The number of piperidine rings is 1. The number of rotatable bonds is 3. The van der Waals surface area contributed by atoms with E-state index in [4.69, 9.17) is 17.3 Å². The van der Waals surface area contributed by atoms with Crippen LogP contribution in [0.4, 0.5) is 0 Å². The average molecular weight is 348 g/mol. The van der Waals surface area contributed by atoms with Crippen LogP contribution in [-0.4, -0.2) is 44.9 Å². The van der Waals surface area contributed by atoms with Crippen molar-refractivity contribution in [2.75, 3.05) is 13.1 Å². The fourth-order valence-electron chi connectivity index (χ4n) is 3.38. The highest BCUT2D eigenvalue weighted by Gasteiger charge is 2.33. The van der Waals surface area contributed by atoms with Gasteiger partial charge in [-0.25, -0.2) is 4.68 Å². The van der Waals surface area contributed by atoms with Crippen LogP contribution in [0.15, 0.2) is 24.3 Å². The van der Waals surface area contributed by atoms with E-state index in [0.717, 1.165) is 12.8 Å². The van der Waals surface area contributed by atoms with Gasteiger partial charge in [0, 0.05) is 19.1 Å². The summed E-state index contributed by atoms with van der Waals surface area (Å²) in [6.45, 7) is 5.15. The van der Waals surface area contributed by atoms with E-state index in [0.29, 0.717) is 41.1 Å². The number of para-hydroxylation sites is 1. The monoisotopic (exact) mass is 347 g/mol. The first-order chi connectivity index (χ1) is 11.5. The number of hydrogen-bond acceptors (Lipinski definition) is 4. The number of carbonyl (C=O) groups excluding carboxylic acids is 1. The highest BCUT2D eigenvalue weighted by molar-refractivity contribution is 6.32. The van der Waals surface area contributed by atoms with Crippen LogP contribution in [0, 0.1) is 12.8 Å². The molecule has 1 saturated heterocycles. The minimum absolute atomic E-state index is 0.0520. The van der Waals surface area contributed by atoms with Crippen molar-refractivity contribution in [1.82, 2.24) is 19.9 Å². The van der Waals surface area contributed by atoms with Crippen molar-refractivity contribution in [1.29, 1.82) is 0 Å². The zero-order valence-electron chi connectivity index (χ0n) is 13.9. The van der Waals surface area contributed by atoms with Crippen molar-refractivity contribution in [3.05, 3.63) is 40.7 Å². The molecule has 1 fully saturated rings. The average Bonchev–Trinajstić information content (AvgIpc) is 2.96. The number of hydrogen-bond donors (Lipinski definition) is 1. The maximum absolute atomic E-state index is 13.0. The van der Waals surface area contributed by atoms with E-state index in [1.54, 1.807) is 10.7 Å². The second kappa shape index (κ2) is 6.91. The standard InChI is InChI=1S/C17H22ClN5O/c1-11-6-5-9-22(15(11)10-19)17(24)16-12(2)23(21-20-16)14-8-4-3-7-13(14)18/h3-4,7-8,11,15H,5-6,9-10,19H2,1-2H3/t11-,15+/m1/s1. The first-order valence-corrected chi connectivity index (χ1v) is 8.60. The Morgan fingerprint density at radius 3 is 2.88 bits per heavy atom. The maximum Gasteiger partial charge on any atom is 0.276 e. The highest BCUT2D eigenvalue weighted by atomic mass is 35.5. The Bertz CT molecular complexity index is 744. The number of nitrogens with two attached hydrogens (primary N) is 1. The summed E-state index contributed by atoms with van der Waals surface area (Å²) in [5.74, 6) is 0.291. The van der Waals surface area contributed by atoms with Crippen LogP contribution in [-0.2, 0) is 0 Å². The molecule has 2 atom stereocenters. The topological polar surface area (TPSA) is 77.0 Å². The lowest BCUT2D eigenvalue weighted by Crippen LogP contribution is -2.51. The molecular formula is C17H22ClN5O. The van der Waals surface area contributed by atoms with Gasteiger partial charge in [0.2, 0.25) is 0 Å². The van der Waals surface area contributed by atoms with Crippen molar-refractivity contribution in [2.24, 2.45) is 11.7 Å². The number of nitrogens with zero attached hydrogens (tertiary/aromatic N) is 4. The summed E-state index contributed by atoms with van der Waals surface area (Å²) in [5, 5.41) is 8.83. The molecule has 1 aliphatic rings. The van der Waals surface area contributed by atoms with Crippen molar-refractivity contribution in [3.8, 4) is 5.69 Å². The van der Waals surface area contributed by atoms with Gasteiger partial charge in [-0.15, -0.1) is 5.10 Å². The van der Waals surface area contributed by atoms with Gasteiger partial charge in [-0.3, -0.25) is 4.79 Å². The Balaban J connectivity index is 1.93. The van der Waals surface area contributed by atoms with E-state index in [1.165, 1.54) is 0 Å². The molecule has 7 heteroatoms. The summed E-state index contributed by atoms with van der Waals surface area (Å²) in [5.41, 5.74) is 7.66. The van der Waals surface area contributed by atoms with Crippen LogP contribution in [0.25, 0.3) is 5.69 Å². The molecule has 2 N–H and O–H groups in total. The number of benzene rings is 1. The Kier molecular flexibility index (Phi) is 4.87. The minimum Gasteiger partial charge on any atom is -0.333 e.